The Morgan fingerprint density at radius 1 is 1.27 bits per heavy atom. The first-order valence-corrected chi connectivity index (χ1v) is 7.97. The third-order valence-corrected chi connectivity index (χ3v) is 4.76. The molecule has 1 heterocycles. The fourth-order valence-electron chi connectivity index (χ4n) is 2.61. The van der Waals surface area contributed by atoms with Gasteiger partial charge in [0.15, 0.2) is 0 Å². The summed E-state index contributed by atoms with van der Waals surface area (Å²) in [5.41, 5.74) is 0.984. The van der Waals surface area contributed by atoms with E-state index in [1.807, 2.05) is 0 Å². The largest absolute Gasteiger partial charge is 1.00 e. The van der Waals surface area contributed by atoms with E-state index in [0.717, 1.165) is 12.1 Å². The second-order valence-electron chi connectivity index (χ2n) is 5.55. The van der Waals surface area contributed by atoms with Gasteiger partial charge >= 0.3 is 57.3 Å². The molecule has 4 nitrogen and oxygen atoms in total. The van der Waals surface area contributed by atoms with Crippen molar-refractivity contribution < 1.29 is 70.1 Å². The minimum absolute atomic E-state index is 0. The monoisotopic (exact) mass is 422 g/mol. The smallest absolute Gasteiger partial charge is 0.544 e. The zero-order valence-electron chi connectivity index (χ0n) is 13.9. The van der Waals surface area contributed by atoms with Gasteiger partial charge < -0.3 is 9.90 Å². The molecule has 0 aliphatic heterocycles. The first-order valence-electron chi connectivity index (χ1n) is 7.21. The Hall–Kier alpha value is -0.544. The number of halogens is 4. The van der Waals surface area contributed by atoms with E-state index in [-0.39, 0.29) is 57.9 Å². The van der Waals surface area contributed by atoms with Crippen LogP contribution < -0.4 is 56.5 Å². The molecule has 0 spiro atoms. The standard InChI is InChI=1S/C17H12Cl2F2N2O2.K/c1-9-12-6-5-11(17(20,21)16(24)25)7-14(12)23(22-9)8-10-3-2-4-13(18)15(10)19;/h2-7H,8H2,1H3,(H,24,25);/q;+1/p-1. The molecular weight excluding hydrogens is 412 g/mol. The minimum atomic E-state index is -4.09. The number of rotatable bonds is 4. The number of nitrogens with zero attached hydrogens (tertiary/aromatic N) is 2. The van der Waals surface area contributed by atoms with E-state index in [4.69, 9.17) is 23.2 Å². The third-order valence-electron chi connectivity index (χ3n) is 3.91. The van der Waals surface area contributed by atoms with E-state index in [9.17, 15) is 18.7 Å². The van der Waals surface area contributed by atoms with Crippen molar-refractivity contribution in [2.75, 3.05) is 0 Å². The molecule has 26 heavy (non-hydrogen) atoms. The van der Waals surface area contributed by atoms with E-state index in [1.54, 1.807) is 25.1 Å². The number of carbonyl (C=O) groups excluding carboxylic acids is 1. The van der Waals surface area contributed by atoms with Crippen LogP contribution in [0.1, 0.15) is 16.8 Å². The molecule has 0 saturated carbocycles. The van der Waals surface area contributed by atoms with E-state index in [2.05, 4.69) is 5.10 Å². The number of fused-ring (bicyclic) bond motifs is 1. The Kier molecular flexibility index (Phi) is 6.88. The summed E-state index contributed by atoms with van der Waals surface area (Å²) in [4.78, 5) is 10.7. The van der Waals surface area contributed by atoms with Crippen LogP contribution in [0.3, 0.4) is 0 Å². The molecule has 0 fully saturated rings. The van der Waals surface area contributed by atoms with Crippen LogP contribution in [0, 0.1) is 6.92 Å². The van der Waals surface area contributed by atoms with Gasteiger partial charge in [0.25, 0.3) is 0 Å². The average molecular weight is 423 g/mol. The normalized spacial score (nSPS) is 11.4. The first-order chi connectivity index (χ1) is 11.7. The Morgan fingerprint density at radius 3 is 2.62 bits per heavy atom. The molecule has 3 rings (SSSR count). The molecule has 0 bridgehead atoms. The van der Waals surface area contributed by atoms with Crippen LogP contribution in [-0.4, -0.2) is 15.7 Å². The fourth-order valence-corrected chi connectivity index (χ4v) is 2.99. The molecule has 2 aromatic carbocycles. The van der Waals surface area contributed by atoms with Gasteiger partial charge in [0, 0.05) is 10.9 Å². The van der Waals surface area contributed by atoms with Crippen molar-refractivity contribution in [1.29, 1.82) is 0 Å². The van der Waals surface area contributed by atoms with Crippen molar-refractivity contribution in [3.8, 4) is 0 Å². The van der Waals surface area contributed by atoms with Gasteiger partial charge in [0.2, 0.25) is 0 Å². The van der Waals surface area contributed by atoms with Crippen molar-refractivity contribution in [2.45, 2.75) is 19.4 Å². The molecule has 0 aliphatic rings. The number of carboxylic acids is 1. The van der Waals surface area contributed by atoms with Crippen LogP contribution in [0.5, 0.6) is 0 Å². The zero-order valence-corrected chi connectivity index (χ0v) is 18.5. The second kappa shape index (κ2) is 8.22. The van der Waals surface area contributed by atoms with Crippen LogP contribution in [0.4, 0.5) is 8.78 Å². The van der Waals surface area contributed by atoms with Crippen molar-refractivity contribution in [2.24, 2.45) is 0 Å². The summed E-state index contributed by atoms with van der Waals surface area (Å²) in [7, 11) is 0. The molecule has 9 heteroatoms. The molecule has 0 atom stereocenters. The van der Waals surface area contributed by atoms with Gasteiger partial charge in [-0.1, -0.05) is 47.5 Å². The predicted molar refractivity (Wildman–Crippen MR) is 88.9 cm³/mol. The van der Waals surface area contributed by atoms with Crippen LogP contribution in [0.2, 0.25) is 10.0 Å². The maximum absolute atomic E-state index is 13.8. The number of aliphatic carboxylic acids is 1. The van der Waals surface area contributed by atoms with Crippen molar-refractivity contribution in [3.63, 3.8) is 0 Å². The molecule has 0 radical (unpaired) electrons. The SMILES string of the molecule is Cc1nn(Cc2cccc(Cl)c2Cl)c2cc(C(F)(F)C(=O)[O-])ccc12.[K+]. The van der Waals surface area contributed by atoms with Gasteiger partial charge in [-0.05, 0) is 24.6 Å². The Bertz CT molecular complexity index is 992. The van der Waals surface area contributed by atoms with E-state index in [0.29, 0.717) is 32.2 Å². The number of carboxylic acid groups (broad SMARTS) is 1. The molecule has 0 amide bonds. The number of carbonyl (C=O) groups is 1. The van der Waals surface area contributed by atoms with Gasteiger partial charge in [0.1, 0.15) is 5.97 Å². The summed E-state index contributed by atoms with van der Waals surface area (Å²) in [6.07, 6.45) is 0. The third kappa shape index (κ3) is 3.99. The van der Waals surface area contributed by atoms with Gasteiger partial charge in [-0.3, -0.25) is 4.68 Å². The van der Waals surface area contributed by atoms with E-state index >= 15 is 0 Å². The van der Waals surface area contributed by atoms with Crippen molar-refractivity contribution in [1.82, 2.24) is 9.78 Å². The molecule has 130 valence electrons. The maximum Gasteiger partial charge on any atom is 1.00 e. The van der Waals surface area contributed by atoms with Crippen LogP contribution in [-0.2, 0) is 17.3 Å². The van der Waals surface area contributed by atoms with Crippen LogP contribution in [0.25, 0.3) is 10.9 Å². The summed E-state index contributed by atoms with van der Waals surface area (Å²) >= 11 is 12.2. The average Bonchev–Trinajstić information content (AvgIpc) is 2.87. The molecular formula is C17H11Cl2F2KN2O2. The first kappa shape index (κ1) is 21.8. The predicted octanol–water partition coefficient (Wildman–Crippen LogP) is 0.546. The van der Waals surface area contributed by atoms with Crippen molar-refractivity contribution in [3.05, 3.63) is 63.3 Å². The molecule has 1 aromatic heterocycles. The van der Waals surface area contributed by atoms with Gasteiger partial charge in [-0.25, -0.2) is 0 Å². The Balaban J connectivity index is 0.00000243. The molecule has 3 aromatic rings. The summed E-state index contributed by atoms with van der Waals surface area (Å²) in [5, 5.41) is 16.4. The summed E-state index contributed by atoms with van der Waals surface area (Å²) < 4.78 is 29.0. The van der Waals surface area contributed by atoms with Crippen LogP contribution >= 0.6 is 23.2 Å². The molecule has 0 aliphatic carbocycles. The van der Waals surface area contributed by atoms with Gasteiger partial charge in [0.05, 0.1) is 27.8 Å². The Morgan fingerprint density at radius 2 is 1.96 bits per heavy atom. The number of aromatic nitrogens is 2. The second-order valence-corrected chi connectivity index (χ2v) is 6.33. The topological polar surface area (TPSA) is 58.0 Å². The Labute approximate surface area is 200 Å². The van der Waals surface area contributed by atoms with Gasteiger partial charge in [-0.2, -0.15) is 13.9 Å². The number of hydrogen-bond acceptors (Lipinski definition) is 3. The maximum atomic E-state index is 13.8. The van der Waals surface area contributed by atoms with Crippen LogP contribution in [0.15, 0.2) is 36.4 Å². The number of alkyl halides is 2. The minimum Gasteiger partial charge on any atom is -0.544 e. The van der Waals surface area contributed by atoms with Crippen molar-refractivity contribution >= 4 is 40.1 Å². The number of aryl methyl sites for hydroxylation is 1. The number of benzene rings is 2. The molecule has 0 unspecified atom stereocenters. The summed E-state index contributed by atoms with van der Waals surface area (Å²) in [6.45, 7) is 1.93. The summed E-state index contributed by atoms with van der Waals surface area (Å²) in [5.74, 6) is -6.54. The quantitative estimate of drug-likeness (QED) is 0.576. The molecule has 0 N–H and O–H groups in total. The van der Waals surface area contributed by atoms with E-state index < -0.39 is 17.5 Å². The number of hydrogen-bond donors (Lipinski definition) is 0. The summed E-state index contributed by atoms with van der Waals surface area (Å²) in [6, 6.07) is 8.68. The zero-order chi connectivity index (χ0) is 18.4. The fraction of sp³-hybridized carbons (Fsp3) is 0.176. The van der Waals surface area contributed by atoms with E-state index in [1.165, 1.54) is 10.7 Å². The van der Waals surface area contributed by atoms with Gasteiger partial charge in [-0.15, -0.1) is 0 Å². The molecule has 0 saturated heterocycles.